The third-order valence-corrected chi connectivity index (χ3v) is 3.04. The monoisotopic (exact) mass is 228 g/mol. The first-order chi connectivity index (χ1) is 7.59. The number of aliphatic hydroxyl groups is 1. The maximum Gasteiger partial charge on any atom is 0.164 e. The zero-order valence-electron chi connectivity index (χ0n) is 9.04. The van der Waals surface area contributed by atoms with Crippen molar-refractivity contribution in [1.29, 1.82) is 0 Å². The Bertz CT molecular complexity index is 391. The maximum atomic E-state index is 13.6. The van der Waals surface area contributed by atoms with Crippen molar-refractivity contribution in [2.24, 2.45) is 5.92 Å². The van der Waals surface area contributed by atoms with E-state index in [0.717, 1.165) is 18.9 Å². The lowest BCUT2D eigenvalue weighted by Gasteiger charge is -2.28. The normalized spacial score (nSPS) is 19.5. The zero-order chi connectivity index (χ0) is 11.8. The predicted molar refractivity (Wildman–Crippen MR) is 54.9 cm³/mol. The molecule has 1 aliphatic rings. The molecule has 2 nitrogen and oxygen atoms in total. The van der Waals surface area contributed by atoms with Crippen LogP contribution in [0.5, 0.6) is 0 Å². The van der Waals surface area contributed by atoms with Crippen LogP contribution in [0.2, 0.25) is 0 Å². The summed E-state index contributed by atoms with van der Waals surface area (Å²) < 4.78 is 31.6. The van der Waals surface area contributed by atoms with Gasteiger partial charge in [0.15, 0.2) is 11.6 Å². The van der Waals surface area contributed by atoms with Gasteiger partial charge in [0.25, 0.3) is 0 Å². The van der Waals surface area contributed by atoms with E-state index in [1.807, 2.05) is 0 Å². The first-order valence-electron chi connectivity index (χ1n) is 5.25. The van der Waals surface area contributed by atoms with Crippen LogP contribution in [0.3, 0.4) is 0 Å². The lowest BCUT2D eigenvalue weighted by molar-refractivity contribution is -0.0559. The van der Waals surface area contributed by atoms with Gasteiger partial charge in [-0.3, -0.25) is 0 Å². The molecule has 1 aromatic rings. The van der Waals surface area contributed by atoms with E-state index in [1.54, 1.807) is 0 Å². The molecular formula is C12H14F2O2. The fraction of sp³-hybridized carbons (Fsp3) is 0.500. The number of halogens is 2. The minimum absolute atomic E-state index is 0.00292. The molecule has 0 heterocycles. The molecule has 0 amide bonds. The summed E-state index contributed by atoms with van der Waals surface area (Å²) in [4.78, 5) is 0. The van der Waals surface area contributed by atoms with Gasteiger partial charge in [-0.15, -0.1) is 0 Å². The Hall–Kier alpha value is -1.00. The highest BCUT2D eigenvalue weighted by atomic mass is 19.2. The van der Waals surface area contributed by atoms with Crippen molar-refractivity contribution in [3.8, 4) is 0 Å². The SMILES string of the molecule is COCC(O)(c1cccc(F)c1F)C1CC1. The van der Waals surface area contributed by atoms with Crippen LogP contribution < -0.4 is 0 Å². The van der Waals surface area contributed by atoms with Crippen LogP contribution in [0.4, 0.5) is 8.78 Å². The van der Waals surface area contributed by atoms with E-state index in [-0.39, 0.29) is 18.1 Å². The summed E-state index contributed by atoms with van der Waals surface area (Å²) in [5.41, 5.74) is -1.40. The standard InChI is InChI=1S/C12H14F2O2/c1-16-7-12(15,8-5-6-8)9-3-2-4-10(13)11(9)14/h2-4,8,15H,5-7H2,1H3. The number of hydrogen-bond donors (Lipinski definition) is 1. The number of ether oxygens (including phenoxy) is 1. The van der Waals surface area contributed by atoms with Gasteiger partial charge in [0.1, 0.15) is 5.60 Å². The zero-order valence-corrected chi connectivity index (χ0v) is 9.04. The van der Waals surface area contributed by atoms with Gasteiger partial charge in [-0.2, -0.15) is 0 Å². The molecule has 1 atom stereocenters. The summed E-state index contributed by atoms with van der Waals surface area (Å²) in [5.74, 6) is -1.95. The fourth-order valence-electron chi connectivity index (χ4n) is 2.03. The minimum atomic E-state index is -1.40. The van der Waals surface area contributed by atoms with Crippen molar-refractivity contribution < 1.29 is 18.6 Å². The molecule has 0 radical (unpaired) electrons. The van der Waals surface area contributed by atoms with Crippen LogP contribution in [0.25, 0.3) is 0 Å². The topological polar surface area (TPSA) is 29.5 Å². The molecule has 1 aromatic carbocycles. The quantitative estimate of drug-likeness (QED) is 0.856. The summed E-state index contributed by atoms with van der Waals surface area (Å²) in [5, 5.41) is 10.4. The van der Waals surface area contributed by atoms with E-state index in [1.165, 1.54) is 19.2 Å². The van der Waals surface area contributed by atoms with E-state index < -0.39 is 17.2 Å². The highest BCUT2D eigenvalue weighted by molar-refractivity contribution is 5.28. The van der Waals surface area contributed by atoms with Crippen LogP contribution in [-0.2, 0) is 10.3 Å². The smallest absolute Gasteiger partial charge is 0.164 e. The van der Waals surface area contributed by atoms with Crippen molar-refractivity contribution in [2.75, 3.05) is 13.7 Å². The Morgan fingerprint density at radius 2 is 2.12 bits per heavy atom. The van der Waals surface area contributed by atoms with Crippen LogP contribution in [0.1, 0.15) is 18.4 Å². The average Bonchev–Trinajstić information content (AvgIpc) is 3.06. The first kappa shape index (κ1) is 11.5. The van der Waals surface area contributed by atoms with Gasteiger partial charge in [-0.1, -0.05) is 12.1 Å². The Balaban J connectivity index is 2.42. The number of methoxy groups -OCH3 is 1. The summed E-state index contributed by atoms with van der Waals surface area (Å²) in [6, 6.07) is 3.85. The molecule has 1 unspecified atom stereocenters. The second-order valence-electron chi connectivity index (χ2n) is 4.23. The van der Waals surface area contributed by atoms with Gasteiger partial charge in [0.05, 0.1) is 6.61 Å². The van der Waals surface area contributed by atoms with Gasteiger partial charge >= 0.3 is 0 Å². The first-order valence-corrected chi connectivity index (χ1v) is 5.25. The third-order valence-electron chi connectivity index (χ3n) is 3.04. The largest absolute Gasteiger partial charge is 0.382 e. The highest BCUT2D eigenvalue weighted by Gasteiger charge is 2.47. The summed E-state index contributed by atoms with van der Waals surface area (Å²) in [6.45, 7) is -0.0158. The minimum Gasteiger partial charge on any atom is -0.382 e. The van der Waals surface area contributed by atoms with Crippen LogP contribution in [0, 0.1) is 17.6 Å². The van der Waals surface area contributed by atoms with E-state index in [9.17, 15) is 13.9 Å². The lowest BCUT2D eigenvalue weighted by Crippen LogP contribution is -2.35. The van der Waals surface area contributed by atoms with Gasteiger partial charge < -0.3 is 9.84 Å². The van der Waals surface area contributed by atoms with Crippen molar-refractivity contribution in [3.63, 3.8) is 0 Å². The van der Waals surface area contributed by atoms with Crippen molar-refractivity contribution >= 4 is 0 Å². The van der Waals surface area contributed by atoms with Crippen molar-refractivity contribution in [2.45, 2.75) is 18.4 Å². The Morgan fingerprint density at radius 1 is 1.44 bits per heavy atom. The molecule has 4 heteroatoms. The van der Waals surface area contributed by atoms with E-state index >= 15 is 0 Å². The van der Waals surface area contributed by atoms with Gasteiger partial charge in [-0.25, -0.2) is 8.78 Å². The van der Waals surface area contributed by atoms with Gasteiger partial charge in [0, 0.05) is 12.7 Å². The lowest BCUT2D eigenvalue weighted by atomic mass is 9.89. The average molecular weight is 228 g/mol. The van der Waals surface area contributed by atoms with E-state index in [0.29, 0.717) is 0 Å². The Morgan fingerprint density at radius 3 is 2.69 bits per heavy atom. The number of hydrogen-bond acceptors (Lipinski definition) is 2. The number of benzene rings is 1. The summed E-state index contributed by atoms with van der Waals surface area (Å²) >= 11 is 0. The molecule has 0 bridgehead atoms. The van der Waals surface area contributed by atoms with Crippen LogP contribution >= 0.6 is 0 Å². The van der Waals surface area contributed by atoms with E-state index in [4.69, 9.17) is 4.74 Å². The molecule has 0 aromatic heterocycles. The summed E-state index contributed by atoms with van der Waals surface area (Å²) in [7, 11) is 1.44. The maximum absolute atomic E-state index is 13.6. The van der Waals surface area contributed by atoms with Crippen LogP contribution in [0.15, 0.2) is 18.2 Å². The fourth-order valence-corrected chi connectivity index (χ4v) is 2.03. The molecule has 88 valence electrons. The second kappa shape index (κ2) is 4.11. The van der Waals surface area contributed by atoms with Gasteiger partial charge in [0.2, 0.25) is 0 Å². The predicted octanol–water partition coefficient (Wildman–Crippen LogP) is 2.21. The molecule has 1 fully saturated rings. The Kier molecular flexibility index (Phi) is 2.95. The molecule has 1 N–H and O–H groups in total. The molecular weight excluding hydrogens is 214 g/mol. The molecule has 1 aliphatic carbocycles. The van der Waals surface area contributed by atoms with Gasteiger partial charge in [-0.05, 0) is 24.8 Å². The van der Waals surface area contributed by atoms with Crippen LogP contribution in [-0.4, -0.2) is 18.8 Å². The number of rotatable bonds is 4. The summed E-state index contributed by atoms with van der Waals surface area (Å²) in [6.07, 6.45) is 1.63. The third kappa shape index (κ3) is 1.83. The van der Waals surface area contributed by atoms with Crippen molar-refractivity contribution in [3.05, 3.63) is 35.4 Å². The second-order valence-corrected chi connectivity index (χ2v) is 4.23. The molecule has 0 aliphatic heterocycles. The van der Waals surface area contributed by atoms with E-state index in [2.05, 4.69) is 0 Å². The molecule has 2 rings (SSSR count). The molecule has 0 spiro atoms. The highest BCUT2D eigenvalue weighted by Crippen LogP contribution is 2.46. The molecule has 1 saturated carbocycles. The Labute approximate surface area is 92.9 Å². The molecule has 16 heavy (non-hydrogen) atoms. The van der Waals surface area contributed by atoms with Crippen molar-refractivity contribution in [1.82, 2.24) is 0 Å². The molecule has 0 saturated heterocycles.